The van der Waals surface area contributed by atoms with Crippen molar-refractivity contribution in [1.82, 2.24) is 5.32 Å². The van der Waals surface area contributed by atoms with Crippen molar-refractivity contribution in [3.05, 3.63) is 23.8 Å². The summed E-state index contributed by atoms with van der Waals surface area (Å²) in [6, 6.07) is 5.81. The van der Waals surface area contributed by atoms with E-state index < -0.39 is 11.7 Å². The normalized spacial score (nSPS) is 17.4. The lowest BCUT2D eigenvalue weighted by atomic mass is 9.76. The third-order valence-corrected chi connectivity index (χ3v) is 4.85. The molecule has 1 saturated carbocycles. The van der Waals surface area contributed by atoms with Crippen LogP contribution in [0.1, 0.15) is 58.4 Å². The van der Waals surface area contributed by atoms with Crippen LogP contribution >= 0.6 is 0 Å². The first-order valence-electron chi connectivity index (χ1n) is 9.83. The van der Waals surface area contributed by atoms with Gasteiger partial charge in [0.25, 0.3) is 0 Å². The van der Waals surface area contributed by atoms with E-state index in [0.29, 0.717) is 31.1 Å². The molecule has 2 aliphatic rings. The van der Waals surface area contributed by atoms with E-state index in [-0.39, 0.29) is 5.60 Å². The van der Waals surface area contributed by atoms with Crippen LogP contribution in [-0.4, -0.2) is 43.3 Å². The topological polar surface area (TPSA) is 78.4 Å². The van der Waals surface area contributed by atoms with Crippen LogP contribution < -0.4 is 14.8 Å². The van der Waals surface area contributed by atoms with Crippen LogP contribution in [0.4, 0.5) is 4.79 Å². The van der Waals surface area contributed by atoms with E-state index in [2.05, 4.69) is 10.5 Å². The number of oxime groups is 1. The van der Waals surface area contributed by atoms with Crippen molar-refractivity contribution in [2.75, 3.05) is 20.3 Å². The molecule has 28 heavy (non-hydrogen) atoms. The molecule has 0 unspecified atom stereocenters. The van der Waals surface area contributed by atoms with Gasteiger partial charge in [-0.15, -0.1) is 0 Å². The van der Waals surface area contributed by atoms with Crippen LogP contribution in [0.25, 0.3) is 0 Å². The minimum atomic E-state index is -0.501. The maximum Gasteiger partial charge on any atom is 0.407 e. The maximum absolute atomic E-state index is 11.6. The van der Waals surface area contributed by atoms with Crippen molar-refractivity contribution < 1.29 is 23.8 Å². The molecule has 1 spiro atoms. The minimum absolute atomic E-state index is 0.0659. The average Bonchev–Trinajstić information content (AvgIpc) is 3.06. The van der Waals surface area contributed by atoms with Gasteiger partial charge in [-0.1, -0.05) is 5.16 Å². The van der Waals surface area contributed by atoms with Gasteiger partial charge < -0.3 is 24.4 Å². The highest BCUT2D eigenvalue weighted by molar-refractivity contribution is 6.02. The van der Waals surface area contributed by atoms with E-state index in [1.165, 1.54) is 6.42 Å². The largest absolute Gasteiger partial charge is 0.493 e. The Morgan fingerprint density at radius 2 is 2.07 bits per heavy atom. The lowest BCUT2D eigenvalue weighted by Gasteiger charge is -2.34. The number of alkyl carbamates (subject to hydrolysis) is 1. The van der Waals surface area contributed by atoms with Crippen LogP contribution in [0.3, 0.4) is 0 Å². The number of nitrogens with one attached hydrogen (secondary N) is 1. The summed E-state index contributed by atoms with van der Waals surface area (Å²) in [7, 11) is 1.62. The van der Waals surface area contributed by atoms with E-state index in [1.54, 1.807) is 7.11 Å². The van der Waals surface area contributed by atoms with Crippen molar-refractivity contribution in [2.45, 2.75) is 64.1 Å². The quantitative estimate of drug-likeness (QED) is 0.711. The van der Waals surface area contributed by atoms with Gasteiger partial charge in [0.05, 0.1) is 19.4 Å². The Bertz CT molecular complexity index is 735. The number of amides is 1. The summed E-state index contributed by atoms with van der Waals surface area (Å²) < 4.78 is 16.5. The van der Waals surface area contributed by atoms with Crippen LogP contribution in [0, 0.1) is 0 Å². The first-order valence-corrected chi connectivity index (χ1v) is 9.83. The Hall–Kier alpha value is -2.44. The molecule has 0 aromatic heterocycles. The molecule has 1 aliphatic carbocycles. The van der Waals surface area contributed by atoms with Gasteiger partial charge >= 0.3 is 6.09 Å². The smallest absolute Gasteiger partial charge is 0.407 e. The molecular weight excluding hydrogens is 360 g/mol. The second-order valence-corrected chi connectivity index (χ2v) is 8.34. The van der Waals surface area contributed by atoms with E-state index in [9.17, 15) is 4.79 Å². The predicted molar refractivity (Wildman–Crippen MR) is 106 cm³/mol. The summed E-state index contributed by atoms with van der Waals surface area (Å²) in [5.74, 6) is 1.33. The molecule has 0 bridgehead atoms. The van der Waals surface area contributed by atoms with Gasteiger partial charge in [0.2, 0.25) is 0 Å². The molecule has 7 heteroatoms. The van der Waals surface area contributed by atoms with Gasteiger partial charge in [-0.2, -0.15) is 0 Å². The number of ether oxygens (including phenoxy) is 3. The summed E-state index contributed by atoms with van der Waals surface area (Å²) in [5, 5.41) is 7.02. The standard InChI is InChI=1S/C21H30N2O5/c1-20(2,3)27-19(24)22-11-6-12-26-18-13-15(7-8-17(18)25-4)16-14-21(28-23-16)9-5-10-21/h7-8,13H,5-6,9-12,14H2,1-4H3,(H,22,24). The highest BCUT2D eigenvalue weighted by Gasteiger charge is 2.44. The Balaban J connectivity index is 1.50. The summed E-state index contributed by atoms with van der Waals surface area (Å²) >= 11 is 0. The van der Waals surface area contributed by atoms with Crippen molar-refractivity contribution in [2.24, 2.45) is 5.16 Å². The molecule has 7 nitrogen and oxygen atoms in total. The molecule has 0 atom stereocenters. The Kier molecular flexibility index (Phi) is 6.01. The van der Waals surface area contributed by atoms with Crippen LogP contribution in [0.5, 0.6) is 11.5 Å². The molecule has 0 saturated heterocycles. The second kappa shape index (κ2) is 8.29. The SMILES string of the molecule is COc1ccc(C2=NOC3(CCC3)C2)cc1OCCCNC(=O)OC(C)(C)C. The number of benzene rings is 1. The average molecular weight is 390 g/mol. The molecule has 154 valence electrons. The van der Waals surface area contributed by atoms with E-state index in [1.807, 2.05) is 39.0 Å². The number of nitrogens with zero attached hydrogens (tertiary/aromatic N) is 1. The number of hydrogen-bond donors (Lipinski definition) is 1. The molecule has 1 N–H and O–H groups in total. The lowest BCUT2D eigenvalue weighted by Crippen LogP contribution is -2.36. The molecule has 1 aliphatic heterocycles. The van der Waals surface area contributed by atoms with Crippen molar-refractivity contribution in [3.8, 4) is 11.5 Å². The third-order valence-electron chi connectivity index (χ3n) is 4.85. The second-order valence-electron chi connectivity index (χ2n) is 8.34. The number of carbonyl (C=O) groups excluding carboxylic acids is 1. The predicted octanol–water partition coefficient (Wildman–Crippen LogP) is 4.04. The first kappa shape index (κ1) is 20.3. The van der Waals surface area contributed by atoms with Gasteiger partial charge in [-0.3, -0.25) is 0 Å². The summed E-state index contributed by atoms with van der Waals surface area (Å²) in [6.07, 6.45) is 4.43. The number of methoxy groups -OCH3 is 1. The monoisotopic (exact) mass is 390 g/mol. The van der Waals surface area contributed by atoms with Crippen molar-refractivity contribution in [1.29, 1.82) is 0 Å². The van der Waals surface area contributed by atoms with E-state index >= 15 is 0 Å². The number of carbonyl (C=O) groups is 1. The Labute approximate surface area is 166 Å². The fraction of sp³-hybridized carbons (Fsp3) is 0.619. The molecular formula is C21H30N2O5. The fourth-order valence-corrected chi connectivity index (χ4v) is 3.24. The Morgan fingerprint density at radius 1 is 1.29 bits per heavy atom. The van der Waals surface area contributed by atoms with Crippen molar-refractivity contribution in [3.63, 3.8) is 0 Å². The molecule has 1 amide bonds. The molecule has 1 fully saturated rings. The third kappa shape index (κ3) is 5.09. The highest BCUT2D eigenvalue weighted by atomic mass is 16.7. The van der Waals surface area contributed by atoms with E-state index in [0.717, 1.165) is 30.5 Å². The molecule has 1 heterocycles. The summed E-state index contributed by atoms with van der Waals surface area (Å²) in [6.45, 7) is 6.42. The number of hydrogen-bond acceptors (Lipinski definition) is 6. The van der Waals surface area contributed by atoms with Gasteiger partial charge in [0, 0.05) is 18.5 Å². The maximum atomic E-state index is 11.6. The summed E-state index contributed by atoms with van der Waals surface area (Å²) in [4.78, 5) is 17.3. The van der Waals surface area contributed by atoms with E-state index in [4.69, 9.17) is 19.0 Å². The van der Waals surface area contributed by atoms with Gasteiger partial charge in [-0.05, 0) is 64.7 Å². The van der Waals surface area contributed by atoms with Gasteiger partial charge in [0.15, 0.2) is 11.5 Å². The zero-order valence-corrected chi connectivity index (χ0v) is 17.2. The van der Waals surface area contributed by atoms with Crippen molar-refractivity contribution >= 4 is 11.8 Å². The zero-order chi connectivity index (χ0) is 20.2. The lowest BCUT2D eigenvalue weighted by molar-refractivity contribution is -0.0755. The highest BCUT2D eigenvalue weighted by Crippen LogP contribution is 2.43. The molecule has 1 aromatic carbocycles. The number of rotatable bonds is 7. The van der Waals surface area contributed by atoms with Crippen LogP contribution in [-0.2, 0) is 9.57 Å². The fourth-order valence-electron chi connectivity index (χ4n) is 3.24. The van der Waals surface area contributed by atoms with Crippen LogP contribution in [0.15, 0.2) is 23.4 Å². The first-order chi connectivity index (χ1) is 13.3. The Morgan fingerprint density at radius 3 is 2.68 bits per heavy atom. The molecule has 0 radical (unpaired) electrons. The zero-order valence-electron chi connectivity index (χ0n) is 17.2. The summed E-state index contributed by atoms with van der Waals surface area (Å²) in [5.41, 5.74) is 1.38. The minimum Gasteiger partial charge on any atom is -0.493 e. The molecule has 3 rings (SSSR count). The molecule has 1 aromatic rings. The van der Waals surface area contributed by atoms with Crippen LogP contribution in [0.2, 0.25) is 0 Å². The van der Waals surface area contributed by atoms with Gasteiger partial charge in [0.1, 0.15) is 11.2 Å². The van der Waals surface area contributed by atoms with Gasteiger partial charge in [-0.25, -0.2) is 4.79 Å².